The number of benzene rings is 2. The van der Waals surface area contributed by atoms with Crippen LogP contribution in [-0.2, 0) is 14.3 Å². The van der Waals surface area contributed by atoms with Crippen LogP contribution in [0.2, 0.25) is 0 Å². The first kappa shape index (κ1) is 24.7. The van der Waals surface area contributed by atoms with Gasteiger partial charge in [0.15, 0.2) is 0 Å². The van der Waals surface area contributed by atoms with E-state index >= 15 is 0 Å². The van der Waals surface area contributed by atoms with Gasteiger partial charge in [-0.05, 0) is 37.1 Å². The average Bonchev–Trinajstić information content (AvgIpc) is 3.64. The van der Waals surface area contributed by atoms with Crippen LogP contribution in [0.25, 0.3) is 0 Å². The number of hydrogen-bond acceptors (Lipinski definition) is 6. The van der Waals surface area contributed by atoms with E-state index in [1.54, 1.807) is 57.7 Å². The first-order valence-corrected chi connectivity index (χ1v) is 11.6. The van der Waals surface area contributed by atoms with Gasteiger partial charge >= 0.3 is 0 Å². The highest BCUT2D eigenvalue weighted by molar-refractivity contribution is 6.03. The number of hydrogen-bond donors (Lipinski definition) is 0. The topological polar surface area (TPSA) is 80.7 Å². The fourth-order valence-electron chi connectivity index (χ4n) is 4.23. The van der Waals surface area contributed by atoms with Crippen molar-refractivity contribution in [3.05, 3.63) is 59.4 Å². The predicted molar refractivity (Wildman–Crippen MR) is 128 cm³/mol. The lowest BCUT2D eigenvalue weighted by Crippen LogP contribution is -2.43. The summed E-state index contributed by atoms with van der Waals surface area (Å²) in [6.07, 6.45) is 1.95. The molecule has 0 bridgehead atoms. The quantitative estimate of drug-likeness (QED) is 0.518. The van der Waals surface area contributed by atoms with Crippen molar-refractivity contribution in [3.8, 4) is 11.5 Å². The third-order valence-corrected chi connectivity index (χ3v) is 6.28. The Labute approximate surface area is 204 Å². The molecule has 186 valence electrons. The molecule has 0 N–H and O–H groups in total. The van der Waals surface area contributed by atoms with Crippen molar-refractivity contribution in [2.45, 2.75) is 25.3 Å². The first-order valence-electron chi connectivity index (χ1n) is 11.6. The summed E-state index contributed by atoms with van der Waals surface area (Å²) in [7, 11) is 4.66. The van der Waals surface area contributed by atoms with Crippen LogP contribution in [0, 0.1) is 11.7 Å². The van der Waals surface area contributed by atoms with E-state index in [2.05, 4.69) is 5.10 Å². The molecular formula is C26H30FN3O5. The molecule has 2 amide bonds. The number of rotatable bonds is 10. The van der Waals surface area contributed by atoms with Crippen molar-refractivity contribution < 1.29 is 28.2 Å². The largest absolute Gasteiger partial charge is 0.497 e. The lowest BCUT2D eigenvalue weighted by Gasteiger charge is -2.27. The SMILES string of the molecule is COCCN(CC(=O)N1N=C(c2ccccc2F)CC1c1cc(OC)ccc1OC)C(=O)C1CC1. The third kappa shape index (κ3) is 5.45. The van der Waals surface area contributed by atoms with E-state index in [9.17, 15) is 14.0 Å². The smallest absolute Gasteiger partial charge is 0.262 e. The molecule has 2 aliphatic rings. The zero-order valence-electron chi connectivity index (χ0n) is 20.2. The molecule has 1 fully saturated rings. The monoisotopic (exact) mass is 483 g/mol. The maximum absolute atomic E-state index is 14.6. The van der Waals surface area contributed by atoms with Gasteiger partial charge in [0.1, 0.15) is 23.9 Å². The van der Waals surface area contributed by atoms with E-state index in [4.69, 9.17) is 14.2 Å². The van der Waals surface area contributed by atoms with Gasteiger partial charge in [-0.2, -0.15) is 5.10 Å². The van der Waals surface area contributed by atoms with Gasteiger partial charge < -0.3 is 19.1 Å². The minimum absolute atomic E-state index is 0.0370. The van der Waals surface area contributed by atoms with Crippen molar-refractivity contribution in [1.82, 2.24) is 9.91 Å². The molecule has 8 nitrogen and oxygen atoms in total. The average molecular weight is 484 g/mol. The first-order chi connectivity index (χ1) is 17.0. The summed E-state index contributed by atoms with van der Waals surface area (Å²) < 4.78 is 30.7. The van der Waals surface area contributed by atoms with Gasteiger partial charge in [0.2, 0.25) is 5.91 Å². The van der Waals surface area contributed by atoms with Crippen molar-refractivity contribution in [3.63, 3.8) is 0 Å². The standard InChI is InChI=1S/C26H30FN3O5/c1-33-13-12-29(26(32)17-8-9-17)16-25(31)30-23(20-14-18(34-2)10-11-24(20)35-3)15-22(28-30)19-6-4-5-7-21(19)27/h4-7,10-11,14,17,23H,8-9,12-13,15-16H2,1-3H3. The Balaban J connectivity index is 1.68. The van der Waals surface area contributed by atoms with Crippen LogP contribution in [0.4, 0.5) is 4.39 Å². The Bertz CT molecular complexity index is 1120. The van der Waals surface area contributed by atoms with Gasteiger partial charge in [0.25, 0.3) is 5.91 Å². The second-order valence-corrected chi connectivity index (χ2v) is 8.62. The number of ether oxygens (including phenoxy) is 3. The molecule has 0 saturated heterocycles. The number of halogens is 1. The fourth-order valence-corrected chi connectivity index (χ4v) is 4.23. The molecule has 1 aliphatic carbocycles. The van der Waals surface area contributed by atoms with Crippen LogP contribution in [-0.4, -0.2) is 68.5 Å². The lowest BCUT2D eigenvalue weighted by atomic mass is 9.97. The molecule has 2 aromatic carbocycles. The van der Waals surface area contributed by atoms with Gasteiger partial charge in [-0.3, -0.25) is 9.59 Å². The van der Waals surface area contributed by atoms with Crippen LogP contribution < -0.4 is 9.47 Å². The van der Waals surface area contributed by atoms with Gasteiger partial charge in [-0.25, -0.2) is 9.40 Å². The van der Waals surface area contributed by atoms with Crippen LogP contribution in [0.15, 0.2) is 47.6 Å². The Hall–Kier alpha value is -3.46. The minimum atomic E-state index is -0.553. The normalized spacial score (nSPS) is 17.2. The third-order valence-electron chi connectivity index (χ3n) is 6.28. The molecule has 1 atom stereocenters. The minimum Gasteiger partial charge on any atom is -0.497 e. The Kier molecular flexibility index (Phi) is 7.65. The number of nitrogens with zero attached hydrogens (tertiary/aromatic N) is 3. The zero-order chi connectivity index (χ0) is 24.9. The molecule has 9 heteroatoms. The highest BCUT2D eigenvalue weighted by Crippen LogP contribution is 2.40. The van der Waals surface area contributed by atoms with Crippen LogP contribution in [0.3, 0.4) is 0 Å². The Morgan fingerprint density at radius 1 is 1.11 bits per heavy atom. The number of hydrazone groups is 1. The predicted octanol–water partition coefficient (Wildman–Crippen LogP) is 3.41. The van der Waals surface area contributed by atoms with Crippen LogP contribution >= 0.6 is 0 Å². The summed E-state index contributed by atoms with van der Waals surface area (Å²) in [5.41, 5.74) is 1.47. The van der Waals surface area contributed by atoms with E-state index in [1.165, 1.54) is 16.0 Å². The van der Waals surface area contributed by atoms with Crippen molar-refractivity contribution >= 4 is 17.5 Å². The number of methoxy groups -OCH3 is 3. The highest BCUT2D eigenvalue weighted by atomic mass is 19.1. The Morgan fingerprint density at radius 3 is 2.54 bits per heavy atom. The number of carbonyl (C=O) groups excluding carboxylic acids is 2. The number of amides is 2. The van der Waals surface area contributed by atoms with Crippen molar-refractivity contribution in [2.24, 2.45) is 11.0 Å². The summed E-state index contributed by atoms with van der Waals surface area (Å²) in [6, 6.07) is 11.1. The van der Waals surface area contributed by atoms with Crippen LogP contribution in [0.5, 0.6) is 11.5 Å². The summed E-state index contributed by atoms with van der Waals surface area (Å²) >= 11 is 0. The molecule has 35 heavy (non-hydrogen) atoms. The summed E-state index contributed by atoms with van der Waals surface area (Å²) in [4.78, 5) is 27.9. The van der Waals surface area contributed by atoms with Crippen LogP contribution in [0.1, 0.15) is 36.4 Å². The fraction of sp³-hybridized carbons (Fsp3) is 0.423. The van der Waals surface area contributed by atoms with E-state index in [-0.39, 0.29) is 30.7 Å². The molecular weight excluding hydrogens is 453 g/mol. The summed E-state index contributed by atoms with van der Waals surface area (Å²) in [5.74, 6) is 0.286. The zero-order valence-corrected chi connectivity index (χ0v) is 20.2. The van der Waals surface area contributed by atoms with Gasteiger partial charge in [0, 0.05) is 37.1 Å². The molecule has 1 aliphatic heterocycles. The van der Waals surface area contributed by atoms with Crippen molar-refractivity contribution in [2.75, 3.05) is 41.0 Å². The van der Waals surface area contributed by atoms with Gasteiger partial charge in [-0.15, -0.1) is 0 Å². The molecule has 1 unspecified atom stereocenters. The molecule has 0 spiro atoms. The molecule has 1 heterocycles. The molecule has 0 radical (unpaired) electrons. The maximum Gasteiger partial charge on any atom is 0.262 e. The highest BCUT2D eigenvalue weighted by Gasteiger charge is 2.39. The lowest BCUT2D eigenvalue weighted by molar-refractivity contribution is -0.142. The molecule has 2 aromatic rings. The molecule has 1 saturated carbocycles. The second kappa shape index (κ2) is 10.9. The van der Waals surface area contributed by atoms with Gasteiger partial charge in [-0.1, -0.05) is 18.2 Å². The van der Waals surface area contributed by atoms with Crippen molar-refractivity contribution in [1.29, 1.82) is 0 Å². The van der Waals surface area contributed by atoms with E-state index in [0.717, 1.165) is 12.8 Å². The van der Waals surface area contributed by atoms with Gasteiger partial charge in [0.05, 0.1) is 32.6 Å². The van der Waals surface area contributed by atoms with E-state index in [0.29, 0.717) is 41.5 Å². The van der Waals surface area contributed by atoms with E-state index < -0.39 is 11.9 Å². The molecule has 4 rings (SSSR count). The van der Waals surface area contributed by atoms with E-state index in [1.807, 2.05) is 0 Å². The maximum atomic E-state index is 14.6. The number of carbonyl (C=O) groups is 2. The Morgan fingerprint density at radius 2 is 1.89 bits per heavy atom. The summed E-state index contributed by atoms with van der Waals surface area (Å²) in [6.45, 7) is 0.487. The summed E-state index contributed by atoms with van der Waals surface area (Å²) in [5, 5.41) is 5.90. The second-order valence-electron chi connectivity index (χ2n) is 8.62. The molecule has 0 aromatic heterocycles.